The number of amides is 1. The summed E-state index contributed by atoms with van der Waals surface area (Å²) in [5, 5.41) is 10.3. The van der Waals surface area contributed by atoms with Crippen molar-refractivity contribution in [2.24, 2.45) is 4.99 Å². The lowest BCUT2D eigenvalue weighted by Crippen LogP contribution is -2.34. The van der Waals surface area contributed by atoms with Crippen LogP contribution in [0.2, 0.25) is 0 Å². The van der Waals surface area contributed by atoms with E-state index >= 15 is 0 Å². The lowest BCUT2D eigenvalue weighted by Gasteiger charge is -2.24. The summed E-state index contributed by atoms with van der Waals surface area (Å²) in [7, 11) is 0. The first-order chi connectivity index (χ1) is 6.81. The number of aliphatic hydroxyl groups excluding tert-OH is 1. The van der Waals surface area contributed by atoms with Gasteiger partial charge >= 0.3 is 0 Å². The molecule has 0 radical (unpaired) electrons. The van der Waals surface area contributed by atoms with E-state index in [0.29, 0.717) is 12.5 Å². The zero-order valence-corrected chi connectivity index (χ0v) is 8.74. The molecule has 78 valence electrons. The second-order valence-electron chi connectivity index (χ2n) is 3.68. The van der Waals surface area contributed by atoms with Crippen LogP contribution in [0.3, 0.4) is 0 Å². The summed E-state index contributed by atoms with van der Waals surface area (Å²) in [6.07, 6.45) is 3.15. The van der Waals surface area contributed by atoms with E-state index in [1.165, 1.54) is 0 Å². The van der Waals surface area contributed by atoms with Crippen LogP contribution in [0.1, 0.15) is 19.3 Å². The molecular weight excluding hydrogens is 200 g/mol. The van der Waals surface area contributed by atoms with Crippen molar-refractivity contribution in [3.8, 4) is 0 Å². The molecule has 1 N–H and O–H groups in total. The highest BCUT2D eigenvalue weighted by Gasteiger charge is 2.32. The average Bonchev–Trinajstić information content (AvgIpc) is 2.74. The van der Waals surface area contributed by atoms with E-state index < -0.39 is 0 Å². The molecule has 0 spiro atoms. The SMILES string of the molecule is O=CN=C1SCCN1C1CCC(O)C1. The number of hydrogen-bond acceptors (Lipinski definition) is 3. The highest BCUT2D eigenvalue weighted by Crippen LogP contribution is 2.29. The summed E-state index contributed by atoms with van der Waals surface area (Å²) in [6.45, 7) is 0.953. The molecule has 1 saturated carbocycles. The lowest BCUT2D eigenvalue weighted by molar-refractivity contribution is -0.106. The normalized spacial score (nSPS) is 35.5. The standard InChI is InChI=1S/C9H14N2O2S/c12-6-10-9-11(3-4-14-9)7-1-2-8(13)5-7/h6-8,13H,1-5H2. The van der Waals surface area contributed by atoms with Gasteiger partial charge in [-0.1, -0.05) is 11.8 Å². The molecule has 5 heteroatoms. The summed E-state index contributed by atoms with van der Waals surface area (Å²) in [6, 6.07) is 0.388. The second-order valence-corrected chi connectivity index (χ2v) is 4.74. The Bertz CT molecular complexity index is 257. The predicted molar refractivity (Wildman–Crippen MR) is 56.3 cm³/mol. The van der Waals surface area contributed by atoms with Gasteiger partial charge in [0.2, 0.25) is 6.41 Å². The van der Waals surface area contributed by atoms with Crippen molar-refractivity contribution in [3.63, 3.8) is 0 Å². The number of aliphatic hydroxyl groups is 1. The maximum Gasteiger partial charge on any atom is 0.235 e. The Labute approximate surface area is 87.4 Å². The molecule has 0 bridgehead atoms. The fraction of sp³-hybridized carbons (Fsp3) is 0.778. The molecule has 14 heavy (non-hydrogen) atoms. The van der Waals surface area contributed by atoms with Crippen LogP contribution in [0, 0.1) is 0 Å². The zero-order valence-electron chi connectivity index (χ0n) is 7.93. The largest absolute Gasteiger partial charge is 0.393 e. The smallest absolute Gasteiger partial charge is 0.235 e. The molecule has 0 aromatic carbocycles. The van der Waals surface area contributed by atoms with Gasteiger partial charge in [0, 0.05) is 18.3 Å². The Morgan fingerprint density at radius 1 is 1.57 bits per heavy atom. The van der Waals surface area contributed by atoms with Crippen LogP contribution in [0.5, 0.6) is 0 Å². The van der Waals surface area contributed by atoms with Crippen LogP contribution in [0.25, 0.3) is 0 Å². The molecule has 1 aliphatic carbocycles. The minimum absolute atomic E-state index is 0.164. The van der Waals surface area contributed by atoms with E-state index in [1.807, 2.05) is 0 Å². The van der Waals surface area contributed by atoms with Gasteiger partial charge in [0.15, 0.2) is 5.17 Å². The Hall–Kier alpha value is -0.550. The van der Waals surface area contributed by atoms with E-state index in [4.69, 9.17) is 0 Å². The van der Waals surface area contributed by atoms with Crippen molar-refractivity contribution in [1.29, 1.82) is 0 Å². The molecule has 4 nitrogen and oxygen atoms in total. The number of amidine groups is 1. The Balaban J connectivity index is 2.02. The van der Waals surface area contributed by atoms with E-state index in [1.54, 1.807) is 11.8 Å². The van der Waals surface area contributed by atoms with Gasteiger partial charge in [-0.15, -0.1) is 0 Å². The van der Waals surface area contributed by atoms with E-state index in [-0.39, 0.29) is 6.10 Å². The van der Waals surface area contributed by atoms with Gasteiger partial charge in [0.1, 0.15) is 0 Å². The molecule has 0 aromatic rings. The molecule has 1 amide bonds. The highest BCUT2D eigenvalue weighted by atomic mass is 32.2. The van der Waals surface area contributed by atoms with Crippen molar-refractivity contribution in [2.75, 3.05) is 12.3 Å². The van der Waals surface area contributed by atoms with Crippen molar-refractivity contribution in [2.45, 2.75) is 31.4 Å². The molecule has 2 rings (SSSR count). The molecule has 1 heterocycles. The van der Waals surface area contributed by atoms with Crippen molar-refractivity contribution < 1.29 is 9.90 Å². The first-order valence-corrected chi connectivity index (χ1v) is 5.89. The molecule has 0 aromatic heterocycles. The fourth-order valence-electron chi connectivity index (χ4n) is 2.13. The molecule has 2 unspecified atom stereocenters. The molecule has 2 fully saturated rings. The number of carbonyl (C=O) groups excluding carboxylic acids is 1. The Morgan fingerprint density at radius 2 is 2.43 bits per heavy atom. The minimum Gasteiger partial charge on any atom is -0.393 e. The quantitative estimate of drug-likeness (QED) is 0.679. The summed E-state index contributed by atoms with van der Waals surface area (Å²) in [5.74, 6) is 0.999. The van der Waals surface area contributed by atoms with Gasteiger partial charge in [0.25, 0.3) is 0 Å². The van der Waals surface area contributed by atoms with Crippen LogP contribution < -0.4 is 0 Å². The number of nitrogens with zero attached hydrogens (tertiary/aromatic N) is 2. The van der Waals surface area contributed by atoms with E-state index in [2.05, 4.69) is 9.89 Å². The zero-order chi connectivity index (χ0) is 9.97. The maximum absolute atomic E-state index is 10.3. The number of thioether (sulfide) groups is 1. The number of carbonyl (C=O) groups is 1. The molecule has 2 atom stereocenters. The van der Waals surface area contributed by atoms with Crippen LogP contribution in [-0.2, 0) is 4.79 Å². The number of aliphatic imine (C=N–C) groups is 1. The molecular formula is C9H14N2O2S. The van der Waals surface area contributed by atoms with Gasteiger partial charge < -0.3 is 10.0 Å². The topological polar surface area (TPSA) is 52.9 Å². The lowest BCUT2D eigenvalue weighted by atomic mass is 10.2. The van der Waals surface area contributed by atoms with Gasteiger partial charge in [-0.25, -0.2) is 0 Å². The van der Waals surface area contributed by atoms with Gasteiger partial charge in [0.05, 0.1) is 6.10 Å². The van der Waals surface area contributed by atoms with E-state index in [0.717, 1.165) is 36.7 Å². The molecule has 2 aliphatic rings. The van der Waals surface area contributed by atoms with Crippen LogP contribution in [0.15, 0.2) is 4.99 Å². The van der Waals surface area contributed by atoms with Crippen LogP contribution in [0.4, 0.5) is 0 Å². The fourth-order valence-corrected chi connectivity index (χ4v) is 3.12. The first kappa shape index (κ1) is 9.98. The second kappa shape index (κ2) is 4.31. The summed E-state index contributed by atoms with van der Waals surface area (Å²) in [5.41, 5.74) is 0. The van der Waals surface area contributed by atoms with Gasteiger partial charge in [-0.05, 0) is 19.3 Å². The predicted octanol–water partition coefficient (Wildman–Crippen LogP) is 0.461. The first-order valence-electron chi connectivity index (χ1n) is 4.90. The number of rotatable bonds is 2. The number of hydrogen-bond donors (Lipinski definition) is 1. The van der Waals surface area contributed by atoms with Crippen molar-refractivity contribution in [1.82, 2.24) is 4.90 Å². The Morgan fingerprint density at radius 3 is 3.07 bits per heavy atom. The average molecular weight is 214 g/mol. The van der Waals surface area contributed by atoms with Gasteiger partial charge in [-0.3, -0.25) is 4.79 Å². The third-order valence-corrected chi connectivity index (χ3v) is 3.78. The summed E-state index contributed by atoms with van der Waals surface area (Å²) >= 11 is 1.63. The third-order valence-electron chi connectivity index (χ3n) is 2.79. The molecule has 1 saturated heterocycles. The minimum atomic E-state index is -0.164. The monoisotopic (exact) mass is 214 g/mol. The maximum atomic E-state index is 10.3. The van der Waals surface area contributed by atoms with Crippen LogP contribution >= 0.6 is 11.8 Å². The van der Waals surface area contributed by atoms with Gasteiger partial charge in [-0.2, -0.15) is 4.99 Å². The van der Waals surface area contributed by atoms with E-state index in [9.17, 15) is 9.90 Å². The Kier molecular flexibility index (Phi) is 3.08. The van der Waals surface area contributed by atoms with Crippen molar-refractivity contribution >= 4 is 23.3 Å². The van der Waals surface area contributed by atoms with Crippen LogP contribution in [-0.4, -0.2) is 46.0 Å². The molecule has 1 aliphatic heterocycles. The summed E-state index contributed by atoms with van der Waals surface area (Å²) in [4.78, 5) is 16.3. The van der Waals surface area contributed by atoms with Crippen molar-refractivity contribution in [3.05, 3.63) is 0 Å². The summed E-state index contributed by atoms with van der Waals surface area (Å²) < 4.78 is 0. The third kappa shape index (κ3) is 1.93. The highest BCUT2D eigenvalue weighted by molar-refractivity contribution is 8.14.